The van der Waals surface area contributed by atoms with Gasteiger partial charge in [0.1, 0.15) is 5.70 Å². The lowest BCUT2D eigenvalue weighted by Gasteiger charge is -2.26. The van der Waals surface area contributed by atoms with E-state index in [9.17, 15) is 14.4 Å². The fourth-order valence-corrected chi connectivity index (χ4v) is 5.65. The van der Waals surface area contributed by atoms with E-state index in [0.29, 0.717) is 11.3 Å². The Morgan fingerprint density at radius 2 is 1.24 bits per heavy atom. The minimum atomic E-state index is -0.465. The van der Waals surface area contributed by atoms with Gasteiger partial charge in [-0.3, -0.25) is 19.3 Å². The van der Waals surface area contributed by atoms with E-state index in [4.69, 9.17) is 0 Å². The van der Waals surface area contributed by atoms with Crippen LogP contribution in [0.2, 0.25) is 0 Å². The van der Waals surface area contributed by atoms with Crippen LogP contribution in [-0.2, 0) is 9.59 Å². The van der Waals surface area contributed by atoms with Gasteiger partial charge >= 0.3 is 0 Å². The van der Waals surface area contributed by atoms with Crippen molar-refractivity contribution in [1.29, 1.82) is 0 Å². The first-order valence-electron chi connectivity index (χ1n) is 14.2. The van der Waals surface area contributed by atoms with Crippen LogP contribution < -0.4 is 15.5 Å². The minimum absolute atomic E-state index is 0.0494. The van der Waals surface area contributed by atoms with Crippen LogP contribution in [0.25, 0.3) is 6.08 Å². The Hall–Kier alpha value is -4.92. The molecule has 45 heavy (non-hydrogen) atoms. The van der Waals surface area contributed by atoms with Gasteiger partial charge in [-0.25, -0.2) is 0 Å². The average Bonchev–Trinajstić information content (AvgIpc) is 3.07. The molecule has 0 spiro atoms. The van der Waals surface area contributed by atoms with Crippen LogP contribution in [0.3, 0.4) is 0 Å². The number of hydrogen-bond donors (Lipinski definition) is 2. The number of halogens is 1. The van der Waals surface area contributed by atoms with Crippen molar-refractivity contribution in [2.75, 3.05) is 10.2 Å². The number of amides is 3. The second-order valence-corrected chi connectivity index (χ2v) is 12.3. The van der Waals surface area contributed by atoms with Gasteiger partial charge in [0.2, 0.25) is 5.91 Å². The van der Waals surface area contributed by atoms with E-state index >= 15 is 0 Å². The van der Waals surface area contributed by atoms with Crippen LogP contribution >= 0.6 is 27.7 Å². The Morgan fingerprint density at radius 1 is 0.711 bits per heavy atom. The van der Waals surface area contributed by atoms with Crippen LogP contribution in [0.15, 0.2) is 155 Å². The van der Waals surface area contributed by atoms with Gasteiger partial charge in [0.25, 0.3) is 11.8 Å². The van der Waals surface area contributed by atoms with Gasteiger partial charge < -0.3 is 10.6 Å². The molecule has 0 saturated carbocycles. The molecule has 0 aromatic heterocycles. The number of nitrogens with zero attached hydrogens (tertiary/aromatic N) is 1. The Kier molecular flexibility index (Phi) is 10.6. The summed E-state index contributed by atoms with van der Waals surface area (Å²) in [6.45, 7) is 1.89. The average molecular weight is 677 g/mol. The molecule has 0 fully saturated rings. The summed E-state index contributed by atoms with van der Waals surface area (Å²) in [7, 11) is 0. The maximum Gasteiger partial charge on any atom is 0.272 e. The van der Waals surface area contributed by atoms with Crippen molar-refractivity contribution in [1.82, 2.24) is 5.32 Å². The van der Waals surface area contributed by atoms with Crippen molar-refractivity contribution in [2.45, 2.75) is 17.1 Å². The van der Waals surface area contributed by atoms with E-state index in [1.54, 1.807) is 47.4 Å². The van der Waals surface area contributed by atoms with Gasteiger partial charge in [-0.1, -0.05) is 82.7 Å². The SMILES string of the molecule is CC(Sc1ccc(NC(=O)/C(=C/c2ccc(Br)cc2)NC(=O)c2ccccc2)cc1)C(=O)N(c1ccccc1)c1ccccc1. The molecule has 5 rings (SSSR count). The molecule has 0 saturated heterocycles. The lowest BCUT2D eigenvalue weighted by molar-refractivity contribution is -0.117. The predicted octanol–water partition coefficient (Wildman–Crippen LogP) is 8.70. The summed E-state index contributed by atoms with van der Waals surface area (Å²) in [5, 5.41) is 5.25. The summed E-state index contributed by atoms with van der Waals surface area (Å²) in [4.78, 5) is 42.6. The summed E-state index contributed by atoms with van der Waals surface area (Å²) < 4.78 is 0.904. The Balaban J connectivity index is 1.29. The molecular weight excluding hydrogens is 646 g/mol. The van der Waals surface area contributed by atoms with Crippen molar-refractivity contribution in [3.8, 4) is 0 Å². The van der Waals surface area contributed by atoms with E-state index in [1.807, 2.05) is 110 Å². The molecule has 3 amide bonds. The van der Waals surface area contributed by atoms with Crippen molar-refractivity contribution in [2.24, 2.45) is 0 Å². The molecule has 5 aromatic rings. The van der Waals surface area contributed by atoms with Gasteiger partial charge in [0.15, 0.2) is 0 Å². The zero-order valence-electron chi connectivity index (χ0n) is 24.4. The van der Waals surface area contributed by atoms with Crippen molar-refractivity contribution in [3.05, 3.63) is 161 Å². The molecule has 0 aliphatic rings. The van der Waals surface area contributed by atoms with Crippen LogP contribution in [0.5, 0.6) is 0 Å². The number of anilines is 3. The third-order valence-electron chi connectivity index (χ3n) is 6.73. The first-order valence-corrected chi connectivity index (χ1v) is 15.9. The van der Waals surface area contributed by atoms with Crippen LogP contribution in [0.1, 0.15) is 22.8 Å². The van der Waals surface area contributed by atoms with Crippen LogP contribution in [0, 0.1) is 0 Å². The Labute approximate surface area is 275 Å². The van der Waals surface area contributed by atoms with Crippen molar-refractivity contribution >= 4 is 68.6 Å². The van der Waals surface area contributed by atoms with E-state index in [-0.39, 0.29) is 22.8 Å². The first-order chi connectivity index (χ1) is 21.9. The number of thioether (sulfide) groups is 1. The predicted molar refractivity (Wildman–Crippen MR) is 186 cm³/mol. The number of hydrogen-bond acceptors (Lipinski definition) is 4. The van der Waals surface area contributed by atoms with E-state index in [1.165, 1.54) is 11.8 Å². The lowest BCUT2D eigenvalue weighted by Crippen LogP contribution is -2.32. The van der Waals surface area contributed by atoms with E-state index in [0.717, 1.165) is 26.3 Å². The molecule has 1 atom stereocenters. The zero-order valence-corrected chi connectivity index (χ0v) is 26.8. The highest BCUT2D eigenvalue weighted by atomic mass is 79.9. The maximum absolute atomic E-state index is 13.7. The molecule has 5 aromatic carbocycles. The summed E-state index contributed by atoms with van der Waals surface area (Å²) in [5.74, 6) is -0.904. The number of benzene rings is 5. The van der Waals surface area contributed by atoms with E-state index in [2.05, 4.69) is 26.6 Å². The first kappa shape index (κ1) is 31.5. The quantitative estimate of drug-likeness (QED) is 0.115. The molecule has 0 heterocycles. The molecule has 0 aliphatic heterocycles. The molecule has 0 radical (unpaired) electrons. The number of nitrogens with one attached hydrogen (secondary N) is 2. The maximum atomic E-state index is 13.7. The van der Waals surface area contributed by atoms with Gasteiger partial charge in [-0.2, -0.15) is 0 Å². The van der Waals surface area contributed by atoms with Gasteiger partial charge in [0.05, 0.1) is 5.25 Å². The smallest absolute Gasteiger partial charge is 0.272 e. The van der Waals surface area contributed by atoms with Crippen LogP contribution in [0.4, 0.5) is 17.1 Å². The second-order valence-electron chi connectivity index (χ2n) is 10.0. The summed E-state index contributed by atoms with van der Waals surface area (Å²) in [6, 6.07) is 42.6. The number of carbonyl (C=O) groups is 3. The largest absolute Gasteiger partial charge is 0.321 e. The normalized spacial score (nSPS) is 11.7. The standard InChI is InChI=1S/C37H30BrN3O3S/c1-26(37(44)41(31-13-7-3-8-14-31)32-15-9-4-10-16-32)45-33-23-21-30(22-24-33)39-36(43)34(25-27-17-19-29(38)20-18-27)40-35(42)28-11-5-2-6-12-28/h2-26H,1H3,(H,39,43)(H,40,42)/b34-25-. The van der Waals surface area contributed by atoms with Crippen molar-refractivity contribution in [3.63, 3.8) is 0 Å². The highest BCUT2D eigenvalue weighted by Gasteiger charge is 2.24. The number of rotatable bonds is 10. The molecule has 2 N–H and O–H groups in total. The third-order valence-corrected chi connectivity index (χ3v) is 8.36. The highest BCUT2D eigenvalue weighted by Crippen LogP contribution is 2.31. The Morgan fingerprint density at radius 3 is 1.80 bits per heavy atom. The molecule has 0 aliphatic carbocycles. The molecule has 0 bridgehead atoms. The topological polar surface area (TPSA) is 78.5 Å². The minimum Gasteiger partial charge on any atom is -0.321 e. The molecule has 224 valence electrons. The molecular formula is C37H30BrN3O3S. The van der Waals surface area contributed by atoms with Crippen LogP contribution in [-0.4, -0.2) is 23.0 Å². The molecule has 6 nitrogen and oxygen atoms in total. The lowest BCUT2D eigenvalue weighted by atomic mass is 10.1. The summed E-state index contributed by atoms with van der Waals surface area (Å²) in [6.07, 6.45) is 1.63. The fraction of sp³-hybridized carbons (Fsp3) is 0.0541. The summed E-state index contributed by atoms with van der Waals surface area (Å²) >= 11 is 4.86. The highest BCUT2D eigenvalue weighted by molar-refractivity contribution is 9.10. The van der Waals surface area contributed by atoms with Gasteiger partial charge in [-0.05, 0) is 91.4 Å². The third kappa shape index (κ3) is 8.59. The van der Waals surface area contributed by atoms with Gasteiger partial charge in [-0.15, -0.1) is 11.8 Å². The molecule has 1 unspecified atom stereocenters. The van der Waals surface area contributed by atoms with Gasteiger partial charge in [0, 0.05) is 32.0 Å². The summed E-state index contributed by atoms with van der Waals surface area (Å²) in [5.41, 5.74) is 3.44. The monoisotopic (exact) mass is 675 g/mol. The second kappa shape index (κ2) is 15.2. The van der Waals surface area contributed by atoms with Crippen molar-refractivity contribution < 1.29 is 14.4 Å². The number of carbonyl (C=O) groups excluding carboxylic acids is 3. The zero-order chi connectivity index (χ0) is 31.6. The molecule has 8 heteroatoms. The Bertz CT molecular complexity index is 1740. The van der Waals surface area contributed by atoms with E-state index < -0.39 is 5.91 Å². The number of para-hydroxylation sites is 2. The fourth-order valence-electron chi connectivity index (χ4n) is 4.48.